The summed E-state index contributed by atoms with van der Waals surface area (Å²) in [6, 6.07) is 2.85. The van der Waals surface area contributed by atoms with Gasteiger partial charge in [0.15, 0.2) is 0 Å². The molecular weight excluding hydrogens is 358 g/mol. The molecule has 3 heterocycles. The molecule has 0 unspecified atom stereocenters. The number of urea groups is 1. The Morgan fingerprint density at radius 1 is 1.11 bits per heavy atom. The van der Waals surface area contributed by atoms with Crippen LogP contribution >= 0.6 is 11.3 Å². The zero-order valence-electron chi connectivity index (χ0n) is 16.0. The summed E-state index contributed by atoms with van der Waals surface area (Å²) in [5, 5.41) is 7.51. The van der Waals surface area contributed by atoms with Crippen LogP contribution < -0.4 is 15.5 Å². The molecule has 2 aromatic rings. The molecule has 1 saturated heterocycles. The highest BCUT2D eigenvalue weighted by Gasteiger charge is 2.24. The summed E-state index contributed by atoms with van der Waals surface area (Å²) in [5.74, 6) is 1.04. The first-order valence-electron chi connectivity index (χ1n) is 10.3. The molecule has 2 fully saturated rings. The monoisotopic (exact) mass is 387 g/mol. The van der Waals surface area contributed by atoms with Gasteiger partial charge in [-0.05, 0) is 38.2 Å². The van der Waals surface area contributed by atoms with Gasteiger partial charge in [-0.1, -0.05) is 26.2 Å². The fourth-order valence-electron chi connectivity index (χ4n) is 4.21. The van der Waals surface area contributed by atoms with Crippen molar-refractivity contribution < 1.29 is 4.79 Å². The number of aromatic nitrogens is 2. The van der Waals surface area contributed by atoms with Crippen molar-refractivity contribution >= 4 is 33.4 Å². The van der Waals surface area contributed by atoms with Crippen molar-refractivity contribution in [1.29, 1.82) is 0 Å². The third-order valence-corrected chi connectivity index (χ3v) is 6.97. The Kier molecular flexibility index (Phi) is 5.76. The predicted molar refractivity (Wildman–Crippen MR) is 111 cm³/mol. The summed E-state index contributed by atoms with van der Waals surface area (Å²) in [5.41, 5.74) is 0. The first kappa shape index (κ1) is 18.5. The van der Waals surface area contributed by atoms with Crippen molar-refractivity contribution in [2.45, 2.75) is 70.4 Å². The van der Waals surface area contributed by atoms with Crippen LogP contribution in [0, 0.1) is 0 Å². The smallest absolute Gasteiger partial charge is 0.315 e. The van der Waals surface area contributed by atoms with Crippen LogP contribution in [-0.2, 0) is 6.42 Å². The minimum atomic E-state index is 0.00944. The summed E-state index contributed by atoms with van der Waals surface area (Å²) in [7, 11) is 0. The molecule has 2 aromatic heterocycles. The quantitative estimate of drug-likeness (QED) is 0.836. The van der Waals surface area contributed by atoms with Crippen LogP contribution in [0.2, 0.25) is 0 Å². The number of nitrogens with one attached hydrogen (secondary N) is 2. The minimum absolute atomic E-state index is 0.00944. The maximum atomic E-state index is 12.3. The number of anilines is 1. The zero-order valence-corrected chi connectivity index (χ0v) is 16.9. The molecule has 1 saturated carbocycles. The minimum Gasteiger partial charge on any atom is -0.356 e. The number of amides is 2. The largest absolute Gasteiger partial charge is 0.356 e. The van der Waals surface area contributed by atoms with Gasteiger partial charge in [-0.2, -0.15) is 0 Å². The van der Waals surface area contributed by atoms with Gasteiger partial charge in [-0.3, -0.25) is 0 Å². The normalized spacial score (nSPS) is 19.4. The van der Waals surface area contributed by atoms with Crippen molar-refractivity contribution in [3.8, 4) is 0 Å². The molecule has 2 aliphatic rings. The van der Waals surface area contributed by atoms with Crippen molar-refractivity contribution in [3.63, 3.8) is 0 Å². The third kappa shape index (κ3) is 4.34. The number of hydrogen-bond acceptors (Lipinski definition) is 5. The maximum Gasteiger partial charge on any atom is 0.315 e. The maximum absolute atomic E-state index is 12.3. The van der Waals surface area contributed by atoms with E-state index < -0.39 is 0 Å². The summed E-state index contributed by atoms with van der Waals surface area (Å²) in [6.07, 6.45) is 10.6. The van der Waals surface area contributed by atoms with Crippen molar-refractivity contribution in [2.75, 3.05) is 18.0 Å². The van der Waals surface area contributed by atoms with Crippen molar-refractivity contribution in [1.82, 2.24) is 20.6 Å². The highest BCUT2D eigenvalue weighted by molar-refractivity contribution is 7.18. The van der Waals surface area contributed by atoms with E-state index in [0.29, 0.717) is 6.04 Å². The Labute approximate surface area is 164 Å². The van der Waals surface area contributed by atoms with E-state index in [1.54, 1.807) is 17.7 Å². The molecule has 0 spiro atoms. The van der Waals surface area contributed by atoms with E-state index in [1.165, 1.54) is 29.5 Å². The van der Waals surface area contributed by atoms with Crippen LogP contribution in [0.3, 0.4) is 0 Å². The van der Waals surface area contributed by atoms with Crippen LogP contribution in [0.15, 0.2) is 12.4 Å². The molecule has 0 bridgehead atoms. The Balaban J connectivity index is 1.32. The number of hydrogen-bond donors (Lipinski definition) is 2. The molecule has 0 atom stereocenters. The van der Waals surface area contributed by atoms with E-state index in [4.69, 9.17) is 0 Å². The average molecular weight is 388 g/mol. The summed E-state index contributed by atoms with van der Waals surface area (Å²) in [6.45, 7) is 4.00. The SMILES string of the molecule is CCc1cc2c(N3CCC(NC(=O)NC4CCCCC4)CC3)ncnc2s1. The van der Waals surface area contributed by atoms with Gasteiger partial charge in [0.2, 0.25) is 0 Å². The molecule has 0 radical (unpaired) electrons. The van der Waals surface area contributed by atoms with Crippen LogP contribution in [0.25, 0.3) is 10.2 Å². The summed E-state index contributed by atoms with van der Waals surface area (Å²) >= 11 is 1.76. The zero-order chi connectivity index (χ0) is 18.6. The van der Waals surface area contributed by atoms with Crippen LogP contribution in [-0.4, -0.2) is 41.2 Å². The lowest BCUT2D eigenvalue weighted by molar-refractivity contribution is 0.226. The van der Waals surface area contributed by atoms with E-state index >= 15 is 0 Å². The first-order chi connectivity index (χ1) is 13.2. The summed E-state index contributed by atoms with van der Waals surface area (Å²) < 4.78 is 0. The van der Waals surface area contributed by atoms with E-state index in [2.05, 4.69) is 38.5 Å². The topological polar surface area (TPSA) is 70.2 Å². The highest BCUT2D eigenvalue weighted by Crippen LogP contribution is 2.31. The number of carbonyl (C=O) groups excluding carboxylic acids is 1. The number of nitrogens with zero attached hydrogens (tertiary/aromatic N) is 3. The van der Waals surface area contributed by atoms with Gasteiger partial charge in [0.05, 0.1) is 5.39 Å². The lowest BCUT2D eigenvalue weighted by Crippen LogP contribution is -2.50. The summed E-state index contributed by atoms with van der Waals surface area (Å²) in [4.78, 5) is 26.0. The Bertz CT molecular complexity index is 778. The fourth-order valence-corrected chi connectivity index (χ4v) is 5.14. The molecular formula is C20H29N5OS. The van der Waals surface area contributed by atoms with Gasteiger partial charge in [0.25, 0.3) is 0 Å². The first-order valence-corrected chi connectivity index (χ1v) is 11.1. The number of carbonyl (C=O) groups is 1. The Morgan fingerprint density at radius 2 is 1.81 bits per heavy atom. The number of aryl methyl sites for hydroxylation is 1. The molecule has 0 aromatic carbocycles. The van der Waals surface area contributed by atoms with E-state index in [-0.39, 0.29) is 12.1 Å². The van der Waals surface area contributed by atoms with Crippen LogP contribution in [0.1, 0.15) is 56.7 Å². The lowest BCUT2D eigenvalue weighted by Gasteiger charge is -2.34. The van der Waals surface area contributed by atoms with E-state index in [9.17, 15) is 4.79 Å². The lowest BCUT2D eigenvalue weighted by atomic mass is 9.96. The number of fused-ring (bicyclic) bond motifs is 1. The van der Waals surface area contributed by atoms with Crippen molar-refractivity contribution in [3.05, 3.63) is 17.3 Å². The molecule has 6 nitrogen and oxygen atoms in total. The Hall–Kier alpha value is -1.89. The van der Waals surface area contributed by atoms with Crippen molar-refractivity contribution in [2.24, 2.45) is 0 Å². The number of piperidine rings is 1. The number of thiophene rings is 1. The standard InChI is InChI=1S/C20H29N5OS/c1-2-16-12-17-18(21-13-22-19(17)27-16)25-10-8-15(9-11-25)24-20(26)23-14-6-4-3-5-7-14/h12-15H,2-11H2,1H3,(H2,23,24,26). The van der Waals surface area contributed by atoms with Gasteiger partial charge < -0.3 is 15.5 Å². The van der Waals surface area contributed by atoms with Crippen LogP contribution in [0.5, 0.6) is 0 Å². The third-order valence-electron chi connectivity index (χ3n) is 5.78. The van der Waals surface area contributed by atoms with Gasteiger partial charge in [0, 0.05) is 30.1 Å². The fraction of sp³-hybridized carbons (Fsp3) is 0.650. The molecule has 7 heteroatoms. The molecule has 1 aliphatic heterocycles. The molecule has 2 amide bonds. The molecule has 2 N–H and O–H groups in total. The molecule has 27 heavy (non-hydrogen) atoms. The van der Waals surface area contributed by atoms with Gasteiger partial charge in [0.1, 0.15) is 17.0 Å². The van der Waals surface area contributed by atoms with Gasteiger partial charge in [-0.25, -0.2) is 14.8 Å². The second-order valence-electron chi connectivity index (χ2n) is 7.70. The second-order valence-corrected chi connectivity index (χ2v) is 8.81. The highest BCUT2D eigenvalue weighted by atomic mass is 32.1. The molecule has 4 rings (SSSR count). The Morgan fingerprint density at radius 3 is 2.52 bits per heavy atom. The van der Waals surface area contributed by atoms with Crippen LogP contribution in [0.4, 0.5) is 10.6 Å². The van der Waals surface area contributed by atoms with Gasteiger partial charge in [-0.15, -0.1) is 11.3 Å². The van der Waals surface area contributed by atoms with Gasteiger partial charge >= 0.3 is 6.03 Å². The molecule has 1 aliphatic carbocycles. The predicted octanol–water partition coefficient (Wildman–Crippen LogP) is 3.85. The van der Waals surface area contributed by atoms with E-state index in [0.717, 1.165) is 55.8 Å². The van der Waals surface area contributed by atoms with E-state index in [1.807, 2.05) is 0 Å². The second kappa shape index (κ2) is 8.42. The molecule has 146 valence electrons. The number of rotatable bonds is 4. The average Bonchev–Trinajstić information content (AvgIpc) is 3.13.